The fraction of sp³-hybridized carbons (Fsp3) is 0.550. The summed E-state index contributed by atoms with van der Waals surface area (Å²) in [7, 11) is 0. The van der Waals surface area contributed by atoms with E-state index in [4.69, 9.17) is 12.2 Å². The summed E-state index contributed by atoms with van der Waals surface area (Å²) in [5.74, 6) is 1.30. The Hall–Kier alpha value is -1.95. The number of nitrogens with zero attached hydrogens (tertiary/aromatic N) is 2. The Bertz CT molecular complexity index is 913. The minimum Gasteiger partial charge on any atom is -0.355 e. The third-order valence-electron chi connectivity index (χ3n) is 6.35. The summed E-state index contributed by atoms with van der Waals surface area (Å²) < 4.78 is 2.83. The molecule has 2 fully saturated rings. The van der Waals surface area contributed by atoms with Crippen molar-refractivity contribution in [2.24, 2.45) is 5.92 Å². The highest BCUT2D eigenvalue weighted by atomic mass is 32.1. The first kappa shape index (κ1) is 16.2. The number of carbonyl (C=O) groups excluding carboxylic acids is 1. The second kappa shape index (κ2) is 6.05. The monoisotopic (exact) mass is 368 g/mol. The zero-order valence-electron chi connectivity index (χ0n) is 14.8. The summed E-state index contributed by atoms with van der Waals surface area (Å²) >= 11 is 5.32. The third kappa shape index (κ3) is 2.62. The van der Waals surface area contributed by atoms with Crippen molar-refractivity contribution in [3.05, 3.63) is 46.0 Å². The van der Waals surface area contributed by atoms with Gasteiger partial charge in [0.15, 0.2) is 4.77 Å². The normalized spacial score (nSPS) is 26.5. The molecular weight excluding hydrogens is 344 g/mol. The molecule has 0 aliphatic heterocycles. The molecule has 6 heteroatoms. The van der Waals surface area contributed by atoms with Crippen molar-refractivity contribution in [3.63, 3.8) is 0 Å². The van der Waals surface area contributed by atoms with Crippen LogP contribution in [-0.4, -0.2) is 27.2 Å². The van der Waals surface area contributed by atoms with E-state index < -0.39 is 0 Å². The van der Waals surface area contributed by atoms with Crippen molar-refractivity contribution in [3.8, 4) is 0 Å². The molecule has 26 heavy (non-hydrogen) atoms. The van der Waals surface area contributed by atoms with Crippen LogP contribution in [0.4, 0.5) is 0 Å². The molecule has 136 valence electrons. The zero-order valence-corrected chi connectivity index (χ0v) is 15.6. The Balaban J connectivity index is 1.23. The zero-order chi connectivity index (χ0) is 17.7. The lowest BCUT2D eigenvalue weighted by atomic mass is 9.78. The number of carbonyl (C=O) groups is 1. The first-order valence-electron chi connectivity index (χ1n) is 9.71. The molecule has 1 aromatic carbocycles. The van der Waals surface area contributed by atoms with Crippen LogP contribution in [0, 0.1) is 10.7 Å². The molecule has 2 atom stereocenters. The van der Waals surface area contributed by atoms with Crippen molar-refractivity contribution in [2.75, 3.05) is 6.54 Å². The molecule has 2 saturated carbocycles. The molecule has 2 N–H and O–H groups in total. The second-order valence-corrected chi connectivity index (χ2v) is 8.40. The SMILES string of the molecule is O=C(NCCc1n[nH]c(=S)n1C1CC1)[C@@H]1C[C@]12CCCc1ccccc12. The van der Waals surface area contributed by atoms with Crippen molar-refractivity contribution in [1.29, 1.82) is 0 Å². The number of rotatable bonds is 5. The average Bonchev–Trinajstić information content (AvgIpc) is 3.57. The highest BCUT2D eigenvalue weighted by Gasteiger charge is 2.59. The van der Waals surface area contributed by atoms with Gasteiger partial charge in [0, 0.05) is 30.3 Å². The molecule has 1 spiro atoms. The first-order valence-corrected chi connectivity index (χ1v) is 10.1. The Morgan fingerprint density at radius 3 is 3.08 bits per heavy atom. The maximum absolute atomic E-state index is 12.7. The van der Waals surface area contributed by atoms with Gasteiger partial charge in [-0.05, 0) is 61.9 Å². The maximum atomic E-state index is 12.7. The Labute approximate surface area is 158 Å². The predicted octanol–water partition coefficient (Wildman–Crippen LogP) is 3.23. The van der Waals surface area contributed by atoms with Crippen LogP contribution in [0.25, 0.3) is 0 Å². The summed E-state index contributed by atoms with van der Waals surface area (Å²) in [5, 5.41) is 10.4. The summed E-state index contributed by atoms with van der Waals surface area (Å²) in [4.78, 5) is 12.7. The molecule has 2 aromatic rings. The van der Waals surface area contributed by atoms with Gasteiger partial charge in [0.05, 0.1) is 0 Å². The van der Waals surface area contributed by atoms with Gasteiger partial charge in [-0.15, -0.1) is 0 Å². The molecule has 1 aromatic heterocycles. The van der Waals surface area contributed by atoms with Crippen molar-refractivity contribution >= 4 is 18.1 Å². The molecule has 0 unspecified atom stereocenters. The molecule has 5 nitrogen and oxygen atoms in total. The quantitative estimate of drug-likeness (QED) is 0.797. The van der Waals surface area contributed by atoms with Crippen LogP contribution >= 0.6 is 12.2 Å². The van der Waals surface area contributed by atoms with Crippen LogP contribution in [0.5, 0.6) is 0 Å². The largest absolute Gasteiger partial charge is 0.355 e. The van der Waals surface area contributed by atoms with Gasteiger partial charge in [-0.2, -0.15) is 5.10 Å². The number of H-pyrrole nitrogens is 1. The number of aromatic amines is 1. The summed E-state index contributed by atoms with van der Waals surface area (Å²) in [6.07, 6.45) is 7.56. The van der Waals surface area contributed by atoms with Gasteiger partial charge in [-0.1, -0.05) is 24.3 Å². The predicted molar refractivity (Wildman–Crippen MR) is 102 cm³/mol. The lowest BCUT2D eigenvalue weighted by molar-refractivity contribution is -0.122. The van der Waals surface area contributed by atoms with Crippen LogP contribution < -0.4 is 5.32 Å². The standard InChI is InChI=1S/C20H24N4OS/c25-18(21-11-9-17-22-23-19(26)24(17)14-7-8-14)16-12-20(16)10-3-5-13-4-1-2-6-15(13)20/h1-2,4,6,14,16H,3,5,7-12H2,(H,21,25)(H,23,26)/t16-,20-/m0/s1. The highest BCUT2D eigenvalue weighted by Crippen LogP contribution is 2.60. The van der Waals surface area contributed by atoms with E-state index in [9.17, 15) is 4.79 Å². The minimum absolute atomic E-state index is 0.104. The molecule has 0 saturated heterocycles. The van der Waals surface area contributed by atoms with Crippen LogP contribution in [0.2, 0.25) is 0 Å². The molecular formula is C20H24N4OS. The van der Waals surface area contributed by atoms with E-state index in [0.29, 0.717) is 17.4 Å². The topological polar surface area (TPSA) is 62.7 Å². The first-order chi connectivity index (χ1) is 12.7. The van der Waals surface area contributed by atoms with E-state index in [2.05, 4.69) is 44.3 Å². The molecule has 0 radical (unpaired) electrons. The average molecular weight is 369 g/mol. The van der Waals surface area contributed by atoms with Crippen molar-refractivity contribution in [1.82, 2.24) is 20.1 Å². The number of hydrogen-bond donors (Lipinski definition) is 2. The number of aryl methyl sites for hydroxylation is 1. The number of amides is 1. The van der Waals surface area contributed by atoms with Crippen LogP contribution in [0.3, 0.4) is 0 Å². The van der Waals surface area contributed by atoms with E-state index in [1.54, 1.807) is 0 Å². The highest BCUT2D eigenvalue weighted by molar-refractivity contribution is 7.71. The summed E-state index contributed by atoms with van der Waals surface area (Å²) in [6.45, 7) is 0.624. The molecule has 3 aliphatic rings. The van der Waals surface area contributed by atoms with Crippen molar-refractivity contribution in [2.45, 2.75) is 56.4 Å². The van der Waals surface area contributed by atoms with Crippen LogP contribution in [0.15, 0.2) is 24.3 Å². The van der Waals surface area contributed by atoms with E-state index in [1.807, 2.05) is 0 Å². The Morgan fingerprint density at radius 1 is 1.38 bits per heavy atom. The lowest BCUT2D eigenvalue weighted by Crippen LogP contribution is -2.31. The molecule has 5 rings (SSSR count). The number of aromatic nitrogens is 3. The van der Waals surface area contributed by atoms with Crippen molar-refractivity contribution < 1.29 is 4.79 Å². The summed E-state index contributed by atoms with van der Waals surface area (Å²) in [6, 6.07) is 9.19. The molecule has 1 heterocycles. The fourth-order valence-electron chi connectivity index (χ4n) is 4.82. The second-order valence-electron chi connectivity index (χ2n) is 8.01. The number of benzene rings is 1. The van der Waals surface area contributed by atoms with Crippen LogP contribution in [-0.2, 0) is 23.1 Å². The smallest absolute Gasteiger partial charge is 0.224 e. The van der Waals surface area contributed by atoms with E-state index in [-0.39, 0.29) is 17.2 Å². The summed E-state index contributed by atoms with van der Waals surface area (Å²) in [5.41, 5.74) is 2.96. The van der Waals surface area contributed by atoms with Gasteiger partial charge < -0.3 is 9.88 Å². The molecule has 1 amide bonds. The Kier molecular flexibility index (Phi) is 3.78. The number of fused-ring (bicyclic) bond motifs is 2. The van der Waals surface area contributed by atoms with Gasteiger partial charge in [0.2, 0.25) is 5.91 Å². The fourth-order valence-corrected chi connectivity index (χ4v) is 5.12. The molecule has 3 aliphatic carbocycles. The van der Waals surface area contributed by atoms with Gasteiger partial charge in [0.25, 0.3) is 0 Å². The van der Waals surface area contributed by atoms with Gasteiger partial charge in [0.1, 0.15) is 5.82 Å². The van der Waals surface area contributed by atoms with Gasteiger partial charge in [-0.25, -0.2) is 0 Å². The Morgan fingerprint density at radius 2 is 2.23 bits per heavy atom. The lowest BCUT2D eigenvalue weighted by Gasteiger charge is -2.26. The van der Waals surface area contributed by atoms with E-state index >= 15 is 0 Å². The van der Waals surface area contributed by atoms with Gasteiger partial charge >= 0.3 is 0 Å². The van der Waals surface area contributed by atoms with Gasteiger partial charge in [-0.3, -0.25) is 9.89 Å². The molecule has 0 bridgehead atoms. The van der Waals surface area contributed by atoms with E-state index in [1.165, 1.54) is 30.4 Å². The number of nitrogens with one attached hydrogen (secondary N) is 2. The van der Waals surface area contributed by atoms with E-state index in [0.717, 1.165) is 31.5 Å². The van der Waals surface area contributed by atoms with Crippen LogP contribution in [0.1, 0.15) is 55.1 Å². The minimum atomic E-state index is 0.104. The third-order valence-corrected chi connectivity index (χ3v) is 6.64. The number of hydrogen-bond acceptors (Lipinski definition) is 3. The maximum Gasteiger partial charge on any atom is 0.224 e.